The standard InChI is InChI=1S/C18H28F3N5.HI/c1-4-22-17(23-11-14-5-7-16(8-6-14)25(2)3)24-15-9-10-26(12-15)13-18(19,20)21;/h5-8,15H,4,9-13H2,1-3H3,(H2,22,23,24);1H. The van der Waals surface area contributed by atoms with Crippen molar-refractivity contribution in [2.75, 3.05) is 45.2 Å². The Labute approximate surface area is 176 Å². The Balaban J connectivity index is 0.00000364. The molecule has 1 fully saturated rings. The number of rotatable bonds is 6. The van der Waals surface area contributed by atoms with Crippen LogP contribution in [0, 0.1) is 0 Å². The molecule has 0 aromatic heterocycles. The molecule has 0 aliphatic carbocycles. The molecule has 1 heterocycles. The summed E-state index contributed by atoms with van der Waals surface area (Å²) in [7, 11) is 3.98. The summed E-state index contributed by atoms with van der Waals surface area (Å²) in [5, 5.41) is 6.42. The second-order valence-electron chi connectivity index (χ2n) is 6.74. The highest BCUT2D eigenvalue weighted by molar-refractivity contribution is 14.0. The molecule has 0 saturated carbocycles. The van der Waals surface area contributed by atoms with E-state index in [1.165, 1.54) is 4.90 Å². The highest BCUT2D eigenvalue weighted by Gasteiger charge is 2.34. The zero-order valence-corrected chi connectivity index (χ0v) is 18.3. The molecule has 5 nitrogen and oxygen atoms in total. The fraction of sp³-hybridized carbons (Fsp3) is 0.611. The maximum Gasteiger partial charge on any atom is 0.401 e. The molecule has 1 unspecified atom stereocenters. The van der Waals surface area contributed by atoms with Crippen molar-refractivity contribution in [2.45, 2.75) is 32.1 Å². The predicted molar refractivity (Wildman–Crippen MR) is 115 cm³/mol. The average Bonchev–Trinajstić information content (AvgIpc) is 2.98. The van der Waals surface area contributed by atoms with Gasteiger partial charge in [-0.05, 0) is 31.0 Å². The fourth-order valence-corrected chi connectivity index (χ4v) is 2.93. The molecular formula is C18H29F3IN5. The summed E-state index contributed by atoms with van der Waals surface area (Å²) in [5.74, 6) is 0.642. The summed E-state index contributed by atoms with van der Waals surface area (Å²) in [6.07, 6.45) is -3.47. The van der Waals surface area contributed by atoms with Crippen LogP contribution in [0.15, 0.2) is 29.3 Å². The molecule has 0 radical (unpaired) electrons. The Kier molecular flexibility index (Phi) is 9.65. The molecule has 154 valence electrons. The molecule has 0 amide bonds. The number of nitrogens with zero attached hydrogens (tertiary/aromatic N) is 3. The number of aliphatic imine (C=N–C) groups is 1. The quantitative estimate of drug-likeness (QED) is 0.359. The second-order valence-corrected chi connectivity index (χ2v) is 6.74. The van der Waals surface area contributed by atoms with Gasteiger partial charge in [-0.25, -0.2) is 4.99 Å². The average molecular weight is 499 g/mol. The van der Waals surface area contributed by atoms with E-state index in [1.54, 1.807) is 0 Å². The largest absolute Gasteiger partial charge is 0.401 e. The predicted octanol–water partition coefficient (Wildman–Crippen LogP) is 3.06. The molecule has 2 rings (SSSR count). The fourth-order valence-electron chi connectivity index (χ4n) is 2.93. The topological polar surface area (TPSA) is 42.9 Å². The molecule has 1 saturated heterocycles. The lowest BCUT2D eigenvalue weighted by Crippen LogP contribution is -2.45. The van der Waals surface area contributed by atoms with Crippen LogP contribution in [0.3, 0.4) is 0 Å². The zero-order chi connectivity index (χ0) is 19.2. The number of halogens is 4. The van der Waals surface area contributed by atoms with Crippen molar-refractivity contribution in [2.24, 2.45) is 4.99 Å². The first-order valence-electron chi connectivity index (χ1n) is 8.87. The first kappa shape index (κ1) is 23.8. The minimum Gasteiger partial charge on any atom is -0.378 e. The lowest BCUT2D eigenvalue weighted by atomic mass is 10.2. The Morgan fingerprint density at radius 3 is 2.48 bits per heavy atom. The highest BCUT2D eigenvalue weighted by Crippen LogP contribution is 2.20. The van der Waals surface area contributed by atoms with Gasteiger partial charge in [-0.3, -0.25) is 4.90 Å². The van der Waals surface area contributed by atoms with E-state index < -0.39 is 12.7 Å². The molecule has 0 bridgehead atoms. The Morgan fingerprint density at radius 2 is 1.93 bits per heavy atom. The van der Waals surface area contributed by atoms with Gasteiger partial charge in [-0.1, -0.05) is 12.1 Å². The van der Waals surface area contributed by atoms with Crippen molar-refractivity contribution in [3.05, 3.63) is 29.8 Å². The molecule has 1 aromatic carbocycles. The van der Waals surface area contributed by atoms with Crippen LogP contribution in [-0.4, -0.2) is 63.4 Å². The van der Waals surface area contributed by atoms with Gasteiger partial charge in [0.25, 0.3) is 0 Å². The SMILES string of the molecule is CCNC(=NCc1ccc(N(C)C)cc1)NC1CCN(CC(F)(F)F)C1.I. The smallest absolute Gasteiger partial charge is 0.378 e. The van der Waals surface area contributed by atoms with Gasteiger partial charge in [0.2, 0.25) is 0 Å². The molecule has 1 aliphatic heterocycles. The van der Waals surface area contributed by atoms with E-state index in [4.69, 9.17) is 0 Å². The zero-order valence-electron chi connectivity index (χ0n) is 16.0. The van der Waals surface area contributed by atoms with E-state index in [-0.39, 0.29) is 30.0 Å². The van der Waals surface area contributed by atoms with Crippen LogP contribution >= 0.6 is 24.0 Å². The van der Waals surface area contributed by atoms with Crippen LogP contribution in [0.1, 0.15) is 18.9 Å². The Morgan fingerprint density at radius 1 is 1.26 bits per heavy atom. The number of alkyl halides is 3. The first-order chi connectivity index (χ1) is 12.3. The van der Waals surface area contributed by atoms with E-state index in [1.807, 2.05) is 50.2 Å². The van der Waals surface area contributed by atoms with E-state index in [0.29, 0.717) is 38.6 Å². The number of guanidine groups is 1. The maximum absolute atomic E-state index is 12.5. The van der Waals surface area contributed by atoms with E-state index in [2.05, 4.69) is 15.6 Å². The number of likely N-dealkylation sites (tertiary alicyclic amines) is 1. The van der Waals surface area contributed by atoms with Crippen molar-refractivity contribution in [3.8, 4) is 0 Å². The third kappa shape index (κ3) is 8.54. The van der Waals surface area contributed by atoms with Crippen LogP contribution in [0.4, 0.5) is 18.9 Å². The third-order valence-corrected chi connectivity index (χ3v) is 4.23. The lowest BCUT2D eigenvalue weighted by Gasteiger charge is -2.19. The lowest BCUT2D eigenvalue weighted by molar-refractivity contribution is -0.143. The minimum atomic E-state index is -4.15. The van der Waals surface area contributed by atoms with Crippen LogP contribution in [0.2, 0.25) is 0 Å². The first-order valence-corrected chi connectivity index (χ1v) is 8.87. The Hall–Kier alpha value is -1.23. The molecule has 1 aliphatic rings. The van der Waals surface area contributed by atoms with Crippen molar-refractivity contribution in [1.29, 1.82) is 0 Å². The van der Waals surface area contributed by atoms with Gasteiger partial charge in [0, 0.05) is 45.5 Å². The summed E-state index contributed by atoms with van der Waals surface area (Å²) in [6.45, 7) is 3.15. The summed E-state index contributed by atoms with van der Waals surface area (Å²) in [6, 6.07) is 8.12. The number of benzene rings is 1. The highest BCUT2D eigenvalue weighted by atomic mass is 127. The van der Waals surface area contributed by atoms with Crippen LogP contribution < -0.4 is 15.5 Å². The monoisotopic (exact) mass is 499 g/mol. The Bertz CT molecular complexity index is 590. The molecule has 27 heavy (non-hydrogen) atoms. The van der Waals surface area contributed by atoms with Gasteiger partial charge in [0.15, 0.2) is 5.96 Å². The molecule has 0 spiro atoms. The van der Waals surface area contributed by atoms with E-state index in [9.17, 15) is 13.2 Å². The molecular weight excluding hydrogens is 470 g/mol. The molecule has 9 heteroatoms. The van der Waals surface area contributed by atoms with Gasteiger partial charge >= 0.3 is 6.18 Å². The molecule has 1 aromatic rings. The normalized spacial score (nSPS) is 18.1. The number of nitrogens with one attached hydrogen (secondary N) is 2. The van der Waals surface area contributed by atoms with Crippen LogP contribution in [0.25, 0.3) is 0 Å². The number of anilines is 1. The summed E-state index contributed by atoms with van der Waals surface area (Å²) in [5.41, 5.74) is 2.20. The van der Waals surface area contributed by atoms with Gasteiger partial charge in [-0.2, -0.15) is 13.2 Å². The van der Waals surface area contributed by atoms with Crippen molar-refractivity contribution < 1.29 is 13.2 Å². The molecule has 2 N–H and O–H groups in total. The summed E-state index contributed by atoms with van der Waals surface area (Å²) < 4.78 is 37.5. The minimum absolute atomic E-state index is 0. The van der Waals surface area contributed by atoms with Gasteiger partial charge in [0.05, 0.1) is 13.1 Å². The van der Waals surface area contributed by atoms with E-state index >= 15 is 0 Å². The summed E-state index contributed by atoms with van der Waals surface area (Å²) >= 11 is 0. The van der Waals surface area contributed by atoms with Crippen LogP contribution in [0.5, 0.6) is 0 Å². The van der Waals surface area contributed by atoms with Crippen LogP contribution in [-0.2, 0) is 6.54 Å². The van der Waals surface area contributed by atoms with Crippen molar-refractivity contribution >= 4 is 35.6 Å². The van der Waals surface area contributed by atoms with E-state index in [0.717, 1.165) is 11.3 Å². The van der Waals surface area contributed by atoms with Crippen molar-refractivity contribution in [1.82, 2.24) is 15.5 Å². The molecule has 1 atom stereocenters. The summed E-state index contributed by atoms with van der Waals surface area (Å²) in [4.78, 5) is 8.03. The number of hydrogen-bond acceptors (Lipinski definition) is 3. The maximum atomic E-state index is 12.5. The third-order valence-electron chi connectivity index (χ3n) is 4.23. The van der Waals surface area contributed by atoms with Gasteiger partial charge < -0.3 is 15.5 Å². The number of hydrogen-bond donors (Lipinski definition) is 2. The van der Waals surface area contributed by atoms with Gasteiger partial charge in [0.1, 0.15) is 0 Å². The van der Waals surface area contributed by atoms with Gasteiger partial charge in [-0.15, -0.1) is 24.0 Å². The van der Waals surface area contributed by atoms with Crippen molar-refractivity contribution in [3.63, 3.8) is 0 Å². The second kappa shape index (κ2) is 10.9.